The molecule has 30 heavy (non-hydrogen) atoms. The summed E-state index contributed by atoms with van der Waals surface area (Å²) in [6, 6.07) is 7.92. The Morgan fingerprint density at radius 1 is 1.23 bits per heavy atom. The average molecular weight is 468 g/mol. The highest BCUT2D eigenvalue weighted by Crippen LogP contribution is 2.36. The number of nitro groups is 1. The molecule has 0 radical (unpaired) electrons. The minimum Gasteiger partial charge on any atom is -0.309 e. The maximum Gasteiger partial charge on any atom is 0.284 e. The third-order valence-electron chi connectivity index (χ3n) is 4.51. The zero-order valence-corrected chi connectivity index (χ0v) is 19.1. The van der Waals surface area contributed by atoms with Crippen molar-refractivity contribution in [3.05, 3.63) is 56.5 Å². The molecule has 2 aromatic heterocycles. The molecule has 0 amide bonds. The molecule has 0 aliphatic carbocycles. The van der Waals surface area contributed by atoms with Gasteiger partial charge in [-0.15, -0.1) is 21.5 Å². The van der Waals surface area contributed by atoms with Crippen molar-refractivity contribution in [1.29, 1.82) is 0 Å². The van der Waals surface area contributed by atoms with Gasteiger partial charge in [-0.1, -0.05) is 19.9 Å². The van der Waals surface area contributed by atoms with Gasteiger partial charge in [0.2, 0.25) is 10.0 Å². The molecule has 0 fully saturated rings. The van der Waals surface area contributed by atoms with Crippen LogP contribution in [-0.2, 0) is 23.5 Å². The standard InChI is InChI=1S/C18H21N5O4S3/c1-4-22(5-2)30(26,27)14-8-9-16(15(12-14)23(24)25)29-18-20-19-17(21(18)3)11-13-7-6-10-28-13/h6-10,12H,4-5,11H2,1-3H3. The summed E-state index contributed by atoms with van der Waals surface area (Å²) in [7, 11) is -1.99. The van der Waals surface area contributed by atoms with Crippen molar-refractivity contribution in [3.8, 4) is 0 Å². The van der Waals surface area contributed by atoms with Crippen LogP contribution in [0.2, 0.25) is 0 Å². The lowest BCUT2D eigenvalue weighted by Gasteiger charge is -2.18. The van der Waals surface area contributed by atoms with Crippen molar-refractivity contribution >= 4 is 38.8 Å². The number of hydrogen-bond acceptors (Lipinski definition) is 8. The van der Waals surface area contributed by atoms with Gasteiger partial charge in [0.1, 0.15) is 5.82 Å². The molecule has 1 aromatic carbocycles. The number of sulfonamides is 1. The molecule has 3 aromatic rings. The number of benzene rings is 1. The Kier molecular flexibility index (Phi) is 6.91. The van der Waals surface area contributed by atoms with Crippen LogP contribution in [-0.4, -0.2) is 45.5 Å². The Hall–Kier alpha value is -2.28. The summed E-state index contributed by atoms with van der Waals surface area (Å²) in [6.07, 6.45) is 0.616. The summed E-state index contributed by atoms with van der Waals surface area (Å²) in [5.41, 5.74) is -0.281. The SMILES string of the molecule is CCN(CC)S(=O)(=O)c1ccc(Sc2nnc(Cc3cccs3)n2C)c([N+](=O)[O-])c1. The summed E-state index contributed by atoms with van der Waals surface area (Å²) in [4.78, 5) is 12.4. The van der Waals surface area contributed by atoms with Gasteiger partial charge in [-0.2, -0.15) is 4.31 Å². The molecule has 0 bridgehead atoms. The third kappa shape index (κ3) is 4.56. The second-order valence-corrected chi connectivity index (χ2v) is 10.3. The molecular formula is C18H21N5O4S3. The second kappa shape index (κ2) is 9.25. The highest BCUT2D eigenvalue weighted by molar-refractivity contribution is 7.99. The van der Waals surface area contributed by atoms with E-state index in [0.29, 0.717) is 16.5 Å². The van der Waals surface area contributed by atoms with E-state index in [4.69, 9.17) is 0 Å². The summed E-state index contributed by atoms with van der Waals surface area (Å²) >= 11 is 2.70. The molecule has 0 unspecified atom stereocenters. The molecule has 0 aliphatic rings. The first-order chi connectivity index (χ1) is 14.3. The largest absolute Gasteiger partial charge is 0.309 e. The van der Waals surface area contributed by atoms with Gasteiger partial charge in [0.15, 0.2) is 5.16 Å². The van der Waals surface area contributed by atoms with Crippen LogP contribution in [0.15, 0.2) is 50.7 Å². The van der Waals surface area contributed by atoms with Gasteiger partial charge in [-0.3, -0.25) is 10.1 Å². The number of aromatic nitrogens is 3. The molecule has 0 saturated carbocycles. The fraction of sp³-hybridized carbons (Fsp3) is 0.333. The molecule has 0 saturated heterocycles. The fourth-order valence-electron chi connectivity index (χ4n) is 2.85. The predicted molar refractivity (Wildman–Crippen MR) is 115 cm³/mol. The number of nitro benzene ring substituents is 1. The van der Waals surface area contributed by atoms with Crippen LogP contribution in [0.4, 0.5) is 5.69 Å². The van der Waals surface area contributed by atoms with Crippen LogP contribution in [0, 0.1) is 10.1 Å². The van der Waals surface area contributed by atoms with E-state index in [1.807, 2.05) is 17.5 Å². The maximum atomic E-state index is 12.7. The van der Waals surface area contributed by atoms with E-state index >= 15 is 0 Å². The van der Waals surface area contributed by atoms with Gasteiger partial charge in [0.05, 0.1) is 14.7 Å². The highest BCUT2D eigenvalue weighted by Gasteiger charge is 2.26. The minimum absolute atomic E-state index is 0.0985. The average Bonchev–Trinajstić information content (AvgIpc) is 3.34. The van der Waals surface area contributed by atoms with Crippen LogP contribution >= 0.6 is 23.1 Å². The van der Waals surface area contributed by atoms with Crippen LogP contribution in [0.1, 0.15) is 24.5 Å². The number of hydrogen-bond donors (Lipinski definition) is 0. The zero-order valence-electron chi connectivity index (χ0n) is 16.7. The molecule has 0 N–H and O–H groups in total. The monoisotopic (exact) mass is 467 g/mol. The van der Waals surface area contributed by atoms with Gasteiger partial charge in [0.25, 0.3) is 5.69 Å². The van der Waals surface area contributed by atoms with Gasteiger partial charge < -0.3 is 4.57 Å². The summed E-state index contributed by atoms with van der Waals surface area (Å²) in [6.45, 7) is 4.02. The molecule has 2 heterocycles. The van der Waals surface area contributed by atoms with E-state index < -0.39 is 14.9 Å². The van der Waals surface area contributed by atoms with E-state index in [9.17, 15) is 18.5 Å². The van der Waals surface area contributed by atoms with Crippen molar-refractivity contribution in [2.24, 2.45) is 7.05 Å². The molecular weight excluding hydrogens is 446 g/mol. The summed E-state index contributed by atoms with van der Waals surface area (Å²) in [5, 5.41) is 22.5. The topological polar surface area (TPSA) is 111 Å². The third-order valence-corrected chi connectivity index (χ3v) is 8.53. The van der Waals surface area contributed by atoms with Crippen molar-refractivity contribution in [3.63, 3.8) is 0 Å². The summed E-state index contributed by atoms with van der Waals surface area (Å²) in [5.74, 6) is 0.739. The first-order valence-corrected chi connectivity index (χ1v) is 12.3. The lowest BCUT2D eigenvalue weighted by molar-refractivity contribution is -0.388. The van der Waals surface area contributed by atoms with Crippen LogP contribution in [0.25, 0.3) is 0 Å². The first-order valence-electron chi connectivity index (χ1n) is 9.15. The van der Waals surface area contributed by atoms with E-state index in [1.54, 1.807) is 36.8 Å². The number of rotatable bonds is 9. The van der Waals surface area contributed by atoms with Crippen LogP contribution < -0.4 is 0 Å². The minimum atomic E-state index is -3.79. The quantitative estimate of drug-likeness (QED) is 0.349. The predicted octanol–water partition coefficient (Wildman–Crippen LogP) is 3.56. The van der Waals surface area contributed by atoms with Crippen LogP contribution in [0.3, 0.4) is 0 Å². The van der Waals surface area contributed by atoms with Gasteiger partial charge in [0, 0.05) is 37.5 Å². The normalized spacial score (nSPS) is 11.9. The smallest absolute Gasteiger partial charge is 0.284 e. The lowest BCUT2D eigenvalue weighted by atomic mass is 10.3. The van der Waals surface area contributed by atoms with Gasteiger partial charge in [-0.05, 0) is 35.3 Å². The number of nitrogens with zero attached hydrogens (tertiary/aromatic N) is 5. The Morgan fingerprint density at radius 3 is 2.57 bits per heavy atom. The molecule has 160 valence electrons. The van der Waals surface area contributed by atoms with Crippen molar-refractivity contribution < 1.29 is 13.3 Å². The molecule has 0 aliphatic heterocycles. The molecule has 9 nitrogen and oxygen atoms in total. The van der Waals surface area contributed by atoms with E-state index in [0.717, 1.165) is 28.5 Å². The Morgan fingerprint density at radius 2 is 1.97 bits per heavy atom. The van der Waals surface area contributed by atoms with E-state index in [-0.39, 0.29) is 23.7 Å². The Labute approximate surface area is 182 Å². The Bertz CT molecular complexity index is 1140. The van der Waals surface area contributed by atoms with Crippen molar-refractivity contribution in [1.82, 2.24) is 19.1 Å². The van der Waals surface area contributed by atoms with E-state index in [1.165, 1.54) is 16.4 Å². The Balaban J connectivity index is 1.92. The second-order valence-electron chi connectivity index (χ2n) is 6.29. The van der Waals surface area contributed by atoms with Gasteiger partial charge in [-0.25, -0.2) is 8.42 Å². The summed E-state index contributed by atoms with van der Waals surface area (Å²) < 4.78 is 28.5. The molecule has 0 atom stereocenters. The molecule has 3 rings (SSSR count). The lowest BCUT2D eigenvalue weighted by Crippen LogP contribution is -2.30. The maximum absolute atomic E-state index is 12.7. The van der Waals surface area contributed by atoms with Crippen LogP contribution in [0.5, 0.6) is 0 Å². The highest BCUT2D eigenvalue weighted by atomic mass is 32.2. The molecule has 0 spiro atoms. The van der Waals surface area contributed by atoms with Crippen molar-refractivity contribution in [2.45, 2.75) is 35.2 Å². The number of thiophene rings is 1. The first kappa shape index (κ1) is 22.4. The fourth-order valence-corrected chi connectivity index (χ4v) is 5.93. The molecule has 12 heteroatoms. The van der Waals surface area contributed by atoms with E-state index in [2.05, 4.69) is 10.2 Å². The zero-order chi connectivity index (χ0) is 21.9. The van der Waals surface area contributed by atoms with Gasteiger partial charge >= 0.3 is 0 Å². The van der Waals surface area contributed by atoms with Crippen molar-refractivity contribution in [2.75, 3.05) is 13.1 Å².